The second kappa shape index (κ2) is 6.24. The molecule has 1 atom stereocenters. The molecule has 1 aliphatic carbocycles. The van der Waals surface area contributed by atoms with Gasteiger partial charge in [-0.1, -0.05) is 26.2 Å². The summed E-state index contributed by atoms with van der Waals surface area (Å²) in [5.41, 5.74) is -0.233. The highest BCUT2D eigenvalue weighted by Gasteiger charge is 2.28. The standard InChI is InChI=1S/C13H25NO2/c1-3-13(2,9-10-15)14-12(16)11-7-5-4-6-8-11/h11,15H,3-10H2,1-2H3,(H,14,16). The van der Waals surface area contributed by atoms with Crippen LogP contribution in [0, 0.1) is 5.92 Å². The maximum atomic E-state index is 12.1. The van der Waals surface area contributed by atoms with Gasteiger partial charge in [-0.15, -0.1) is 0 Å². The molecule has 1 unspecified atom stereocenters. The predicted molar refractivity (Wildman–Crippen MR) is 65.1 cm³/mol. The molecule has 0 heterocycles. The third-order valence-electron chi connectivity index (χ3n) is 3.84. The minimum atomic E-state index is -0.233. The van der Waals surface area contributed by atoms with Crippen LogP contribution in [0.4, 0.5) is 0 Å². The SMILES string of the molecule is CCC(C)(CCO)NC(=O)C1CCCCC1. The van der Waals surface area contributed by atoms with Gasteiger partial charge in [0.15, 0.2) is 0 Å². The summed E-state index contributed by atoms with van der Waals surface area (Å²) in [5, 5.41) is 12.1. The monoisotopic (exact) mass is 227 g/mol. The molecular weight excluding hydrogens is 202 g/mol. The van der Waals surface area contributed by atoms with E-state index >= 15 is 0 Å². The van der Waals surface area contributed by atoms with Crippen molar-refractivity contribution in [2.75, 3.05) is 6.61 Å². The highest BCUT2D eigenvalue weighted by molar-refractivity contribution is 5.79. The zero-order valence-electron chi connectivity index (χ0n) is 10.6. The van der Waals surface area contributed by atoms with Crippen LogP contribution in [0.2, 0.25) is 0 Å². The Kier molecular flexibility index (Phi) is 5.26. The third kappa shape index (κ3) is 3.78. The van der Waals surface area contributed by atoms with Gasteiger partial charge in [0.25, 0.3) is 0 Å². The Morgan fingerprint density at radius 2 is 2.00 bits per heavy atom. The predicted octanol–water partition coefficient (Wildman–Crippen LogP) is 2.23. The van der Waals surface area contributed by atoms with Crippen molar-refractivity contribution in [2.45, 2.75) is 64.3 Å². The molecule has 16 heavy (non-hydrogen) atoms. The first kappa shape index (κ1) is 13.5. The fourth-order valence-electron chi connectivity index (χ4n) is 2.34. The van der Waals surface area contributed by atoms with Gasteiger partial charge in [0.05, 0.1) is 0 Å². The molecule has 3 heteroatoms. The van der Waals surface area contributed by atoms with Crippen LogP contribution in [0.5, 0.6) is 0 Å². The lowest BCUT2D eigenvalue weighted by atomic mass is 9.87. The van der Waals surface area contributed by atoms with Gasteiger partial charge in [-0.2, -0.15) is 0 Å². The number of carbonyl (C=O) groups excluding carboxylic acids is 1. The molecule has 1 amide bonds. The minimum absolute atomic E-state index is 0.134. The average Bonchev–Trinajstić information content (AvgIpc) is 2.30. The van der Waals surface area contributed by atoms with Crippen molar-refractivity contribution in [3.05, 3.63) is 0 Å². The number of amides is 1. The highest BCUT2D eigenvalue weighted by atomic mass is 16.3. The van der Waals surface area contributed by atoms with Gasteiger partial charge in [-0.05, 0) is 32.6 Å². The van der Waals surface area contributed by atoms with Gasteiger partial charge in [-0.3, -0.25) is 4.79 Å². The number of aliphatic hydroxyl groups is 1. The Bertz CT molecular complexity index is 224. The summed E-state index contributed by atoms with van der Waals surface area (Å²) in [6.07, 6.45) is 7.21. The molecule has 0 aromatic heterocycles. The van der Waals surface area contributed by atoms with Gasteiger partial charge in [0.2, 0.25) is 5.91 Å². The zero-order valence-corrected chi connectivity index (χ0v) is 10.6. The lowest BCUT2D eigenvalue weighted by Crippen LogP contribution is -2.48. The molecule has 0 spiro atoms. The number of rotatable bonds is 5. The van der Waals surface area contributed by atoms with Gasteiger partial charge in [0, 0.05) is 18.1 Å². The fraction of sp³-hybridized carbons (Fsp3) is 0.923. The summed E-state index contributed by atoms with van der Waals surface area (Å²) in [5.74, 6) is 0.399. The molecule has 1 rings (SSSR count). The molecule has 94 valence electrons. The molecule has 0 aliphatic heterocycles. The molecule has 1 saturated carbocycles. The van der Waals surface area contributed by atoms with Crippen molar-refractivity contribution in [2.24, 2.45) is 5.92 Å². The van der Waals surface area contributed by atoms with Crippen LogP contribution < -0.4 is 5.32 Å². The van der Waals surface area contributed by atoms with Crippen LogP contribution in [0.3, 0.4) is 0 Å². The van der Waals surface area contributed by atoms with E-state index in [1.807, 2.05) is 6.92 Å². The second-order valence-electron chi connectivity index (χ2n) is 5.21. The maximum absolute atomic E-state index is 12.1. The average molecular weight is 227 g/mol. The van der Waals surface area contributed by atoms with E-state index in [-0.39, 0.29) is 24.0 Å². The lowest BCUT2D eigenvalue weighted by Gasteiger charge is -2.32. The molecule has 0 aromatic carbocycles. The molecule has 2 N–H and O–H groups in total. The zero-order chi connectivity index (χ0) is 12.0. The van der Waals surface area contributed by atoms with E-state index in [4.69, 9.17) is 5.11 Å². The van der Waals surface area contributed by atoms with Crippen LogP contribution in [-0.4, -0.2) is 23.2 Å². The Balaban J connectivity index is 2.47. The van der Waals surface area contributed by atoms with Crippen molar-refractivity contribution in [1.29, 1.82) is 0 Å². The highest BCUT2D eigenvalue weighted by Crippen LogP contribution is 2.25. The summed E-state index contributed by atoms with van der Waals surface area (Å²) in [4.78, 5) is 12.1. The lowest BCUT2D eigenvalue weighted by molar-refractivity contribution is -0.128. The van der Waals surface area contributed by atoms with E-state index < -0.39 is 0 Å². The van der Waals surface area contributed by atoms with Gasteiger partial charge in [0.1, 0.15) is 0 Å². The molecular formula is C13H25NO2. The second-order valence-corrected chi connectivity index (χ2v) is 5.21. The van der Waals surface area contributed by atoms with Crippen molar-refractivity contribution in [3.8, 4) is 0 Å². The van der Waals surface area contributed by atoms with E-state index in [0.29, 0.717) is 6.42 Å². The summed E-state index contributed by atoms with van der Waals surface area (Å²) in [7, 11) is 0. The Morgan fingerprint density at radius 3 is 2.50 bits per heavy atom. The molecule has 0 aromatic rings. The first-order valence-corrected chi connectivity index (χ1v) is 6.54. The van der Waals surface area contributed by atoms with Gasteiger partial charge in [-0.25, -0.2) is 0 Å². The van der Waals surface area contributed by atoms with Gasteiger partial charge < -0.3 is 10.4 Å². The van der Waals surface area contributed by atoms with Crippen molar-refractivity contribution in [1.82, 2.24) is 5.32 Å². The molecule has 0 saturated heterocycles. The van der Waals surface area contributed by atoms with Crippen molar-refractivity contribution >= 4 is 5.91 Å². The van der Waals surface area contributed by atoms with E-state index in [1.54, 1.807) is 0 Å². The van der Waals surface area contributed by atoms with E-state index in [9.17, 15) is 4.79 Å². The largest absolute Gasteiger partial charge is 0.396 e. The summed E-state index contributed by atoms with van der Waals surface area (Å²) in [6.45, 7) is 4.20. The maximum Gasteiger partial charge on any atom is 0.223 e. The van der Waals surface area contributed by atoms with Gasteiger partial charge >= 0.3 is 0 Å². The molecule has 3 nitrogen and oxygen atoms in total. The van der Waals surface area contributed by atoms with Crippen LogP contribution >= 0.6 is 0 Å². The number of hydrogen-bond donors (Lipinski definition) is 2. The van der Waals surface area contributed by atoms with Crippen LogP contribution in [-0.2, 0) is 4.79 Å². The first-order chi connectivity index (χ1) is 7.61. The minimum Gasteiger partial charge on any atom is -0.396 e. The van der Waals surface area contributed by atoms with E-state index in [2.05, 4.69) is 12.2 Å². The number of hydrogen-bond acceptors (Lipinski definition) is 2. The van der Waals surface area contributed by atoms with Crippen LogP contribution in [0.25, 0.3) is 0 Å². The fourth-order valence-corrected chi connectivity index (χ4v) is 2.34. The topological polar surface area (TPSA) is 49.3 Å². The number of carbonyl (C=O) groups is 1. The van der Waals surface area contributed by atoms with Crippen LogP contribution in [0.1, 0.15) is 58.8 Å². The van der Waals surface area contributed by atoms with E-state index in [1.165, 1.54) is 19.3 Å². The van der Waals surface area contributed by atoms with E-state index in [0.717, 1.165) is 19.3 Å². The molecule has 1 aliphatic rings. The molecule has 0 bridgehead atoms. The van der Waals surface area contributed by atoms with Crippen molar-refractivity contribution in [3.63, 3.8) is 0 Å². The smallest absolute Gasteiger partial charge is 0.223 e. The quantitative estimate of drug-likeness (QED) is 0.756. The molecule has 0 radical (unpaired) electrons. The number of nitrogens with one attached hydrogen (secondary N) is 1. The summed E-state index contributed by atoms with van der Waals surface area (Å²) in [6, 6.07) is 0. The summed E-state index contributed by atoms with van der Waals surface area (Å²) >= 11 is 0. The summed E-state index contributed by atoms with van der Waals surface area (Å²) < 4.78 is 0. The Morgan fingerprint density at radius 1 is 1.38 bits per heavy atom. The van der Waals surface area contributed by atoms with Crippen molar-refractivity contribution < 1.29 is 9.90 Å². The first-order valence-electron chi connectivity index (χ1n) is 6.54. The number of aliphatic hydroxyl groups excluding tert-OH is 1. The van der Waals surface area contributed by atoms with Crippen LogP contribution in [0.15, 0.2) is 0 Å². The normalized spacial score (nSPS) is 21.4. The Hall–Kier alpha value is -0.570. The Labute approximate surface area is 98.6 Å². The molecule has 1 fully saturated rings. The third-order valence-corrected chi connectivity index (χ3v) is 3.84.